The number of benzene rings is 1. The van der Waals surface area contributed by atoms with Crippen LogP contribution in [0.25, 0.3) is 22.3 Å². The third-order valence-corrected chi connectivity index (χ3v) is 4.95. The Morgan fingerprint density at radius 3 is 2.81 bits per heavy atom. The fraction of sp³-hybridized carbons (Fsp3) is 0.190. The van der Waals surface area contributed by atoms with Crippen molar-refractivity contribution in [2.24, 2.45) is 0 Å². The average Bonchev–Trinajstić information content (AvgIpc) is 3.44. The van der Waals surface area contributed by atoms with E-state index in [1.807, 2.05) is 10.7 Å². The molecule has 1 N–H and O–H groups in total. The first kappa shape index (κ1) is 15.9. The number of aromatic amines is 1. The van der Waals surface area contributed by atoms with E-state index in [0.29, 0.717) is 12.5 Å². The van der Waals surface area contributed by atoms with Crippen LogP contribution >= 0.6 is 0 Å². The molecule has 5 rings (SSSR count). The monoisotopic (exact) mass is 360 g/mol. The van der Waals surface area contributed by atoms with E-state index < -0.39 is 0 Å². The summed E-state index contributed by atoms with van der Waals surface area (Å²) in [5.74, 6) is 0.254. The molecule has 0 spiro atoms. The molecule has 1 fully saturated rings. The van der Waals surface area contributed by atoms with Crippen LogP contribution in [0.2, 0.25) is 0 Å². The highest BCUT2D eigenvalue weighted by Gasteiger charge is 2.28. The van der Waals surface area contributed by atoms with Crippen molar-refractivity contribution in [1.82, 2.24) is 19.7 Å². The minimum atomic E-state index is -0.246. The number of hydrogen-bond donors (Lipinski definition) is 1. The quantitative estimate of drug-likeness (QED) is 0.601. The van der Waals surface area contributed by atoms with Crippen molar-refractivity contribution in [3.63, 3.8) is 0 Å². The standard InChI is InChI=1S/C21H17FN4O/c22-16-3-1-2-13(8-16)12-26-21-17(14-4-5-14)9-18(25-19(21)11-24-26)15-6-7-20(27)23-10-15/h1-3,6-11,14H,4-5,12H2,(H,23,27). The molecule has 1 aromatic carbocycles. The van der Waals surface area contributed by atoms with Gasteiger partial charge in [0.25, 0.3) is 0 Å². The Kier molecular flexibility index (Phi) is 3.63. The van der Waals surface area contributed by atoms with Gasteiger partial charge in [-0.1, -0.05) is 12.1 Å². The molecule has 0 atom stereocenters. The van der Waals surface area contributed by atoms with Crippen molar-refractivity contribution in [2.75, 3.05) is 0 Å². The number of hydrogen-bond acceptors (Lipinski definition) is 3. The Morgan fingerprint density at radius 2 is 2.07 bits per heavy atom. The maximum absolute atomic E-state index is 13.5. The van der Waals surface area contributed by atoms with E-state index >= 15 is 0 Å². The SMILES string of the molecule is O=c1ccc(-c2cc(C3CC3)c3c(cnn3Cc3cccc(F)c3)n2)c[nH]1. The van der Waals surface area contributed by atoms with Crippen molar-refractivity contribution >= 4 is 11.0 Å². The normalized spacial score (nSPS) is 14.0. The van der Waals surface area contributed by atoms with Gasteiger partial charge in [-0.2, -0.15) is 5.10 Å². The molecule has 0 bridgehead atoms. The molecule has 27 heavy (non-hydrogen) atoms. The lowest BCUT2D eigenvalue weighted by Crippen LogP contribution is -2.04. The van der Waals surface area contributed by atoms with E-state index in [-0.39, 0.29) is 11.4 Å². The molecule has 0 amide bonds. The molecule has 4 aromatic rings. The lowest BCUT2D eigenvalue weighted by atomic mass is 10.1. The molecule has 134 valence electrons. The summed E-state index contributed by atoms with van der Waals surface area (Å²) in [6.45, 7) is 0.501. The number of halogens is 1. The Bertz CT molecular complexity index is 1190. The van der Waals surface area contributed by atoms with Gasteiger partial charge in [0.2, 0.25) is 5.56 Å². The topological polar surface area (TPSA) is 63.6 Å². The van der Waals surface area contributed by atoms with Gasteiger partial charge in [-0.3, -0.25) is 9.48 Å². The summed E-state index contributed by atoms with van der Waals surface area (Å²) < 4.78 is 15.4. The predicted octanol–water partition coefficient (Wildman–Crippen LogP) is 3.85. The highest BCUT2D eigenvalue weighted by Crippen LogP contribution is 2.44. The largest absolute Gasteiger partial charge is 0.328 e. The van der Waals surface area contributed by atoms with Gasteiger partial charge >= 0.3 is 0 Å². The highest BCUT2D eigenvalue weighted by molar-refractivity contribution is 5.82. The van der Waals surface area contributed by atoms with E-state index in [1.165, 1.54) is 23.8 Å². The van der Waals surface area contributed by atoms with E-state index in [4.69, 9.17) is 4.98 Å². The van der Waals surface area contributed by atoms with Crippen LogP contribution in [0.15, 0.2) is 59.7 Å². The summed E-state index contributed by atoms with van der Waals surface area (Å²) in [7, 11) is 0. The van der Waals surface area contributed by atoms with Crippen LogP contribution in [0.5, 0.6) is 0 Å². The van der Waals surface area contributed by atoms with Crippen LogP contribution in [0.1, 0.15) is 29.9 Å². The van der Waals surface area contributed by atoms with Gasteiger partial charge in [-0.25, -0.2) is 9.37 Å². The van der Waals surface area contributed by atoms with Crippen LogP contribution in [0.4, 0.5) is 4.39 Å². The Morgan fingerprint density at radius 1 is 1.19 bits per heavy atom. The summed E-state index contributed by atoms with van der Waals surface area (Å²) in [6.07, 6.45) is 5.74. The Balaban J connectivity index is 1.63. The lowest BCUT2D eigenvalue weighted by molar-refractivity contribution is 0.621. The Labute approximate surface area is 154 Å². The summed E-state index contributed by atoms with van der Waals surface area (Å²) in [6, 6.07) is 12.0. The number of aromatic nitrogens is 4. The van der Waals surface area contributed by atoms with Crippen molar-refractivity contribution in [3.05, 3.63) is 82.2 Å². The summed E-state index contributed by atoms with van der Waals surface area (Å²) >= 11 is 0. The van der Waals surface area contributed by atoms with Gasteiger partial charge in [-0.15, -0.1) is 0 Å². The minimum absolute atomic E-state index is 0.134. The van der Waals surface area contributed by atoms with Crippen LogP contribution in [0, 0.1) is 5.82 Å². The zero-order valence-corrected chi connectivity index (χ0v) is 14.5. The molecule has 5 nitrogen and oxygen atoms in total. The molecular weight excluding hydrogens is 343 g/mol. The first-order valence-electron chi connectivity index (χ1n) is 8.97. The molecule has 1 aliphatic rings. The third kappa shape index (κ3) is 3.03. The number of H-pyrrole nitrogens is 1. The second-order valence-electron chi connectivity index (χ2n) is 6.98. The van der Waals surface area contributed by atoms with Crippen LogP contribution in [0.3, 0.4) is 0 Å². The number of rotatable bonds is 4. The number of nitrogens with one attached hydrogen (secondary N) is 1. The molecule has 0 radical (unpaired) electrons. The second-order valence-corrected chi connectivity index (χ2v) is 6.98. The maximum Gasteiger partial charge on any atom is 0.247 e. The molecule has 0 aliphatic heterocycles. The van der Waals surface area contributed by atoms with Gasteiger partial charge in [0.1, 0.15) is 11.3 Å². The summed E-state index contributed by atoms with van der Waals surface area (Å²) in [4.78, 5) is 18.8. The Hall–Kier alpha value is -3.28. The minimum Gasteiger partial charge on any atom is -0.328 e. The van der Waals surface area contributed by atoms with Crippen LogP contribution < -0.4 is 5.56 Å². The first-order valence-corrected chi connectivity index (χ1v) is 8.97. The smallest absolute Gasteiger partial charge is 0.247 e. The zero-order chi connectivity index (χ0) is 18.4. The molecule has 0 saturated heterocycles. The van der Waals surface area contributed by atoms with Gasteiger partial charge in [0, 0.05) is 17.8 Å². The summed E-state index contributed by atoms with van der Waals surface area (Å²) in [5.41, 5.74) is 5.47. The van der Waals surface area contributed by atoms with E-state index in [2.05, 4.69) is 16.1 Å². The first-order chi connectivity index (χ1) is 13.2. The van der Waals surface area contributed by atoms with Crippen molar-refractivity contribution in [3.8, 4) is 11.3 Å². The van der Waals surface area contributed by atoms with Crippen molar-refractivity contribution in [1.29, 1.82) is 0 Å². The molecule has 3 heterocycles. The molecule has 3 aromatic heterocycles. The van der Waals surface area contributed by atoms with Crippen molar-refractivity contribution < 1.29 is 4.39 Å². The zero-order valence-electron chi connectivity index (χ0n) is 14.5. The molecule has 1 aliphatic carbocycles. The van der Waals surface area contributed by atoms with Gasteiger partial charge < -0.3 is 4.98 Å². The second kappa shape index (κ2) is 6.16. The molecule has 1 saturated carbocycles. The van der Waals surface area contributed by atoms with Crippen LogP contribution in [-0.4, -0.2) is 19.7 Å². The van der Waals surface area contributed by atoms with Gasteiger partial charge in [0.05, 0.1) is 24.0 Å². The molecular formula is C21H17FN4O. The van der Waals surface area contributed by atoms with Gasteiger partial charge in [-0.05, 0) is 54.2 Å². The lowest BCUT2D eigenvalue weighted by Gasteiger charge is -2.10. The number of pyridine rings is 2. The van der Waals surface area contributed by atoms with E-state index in [1.54, 1.807) is 24.5 Å². The van der Waals surface area contributed by atoms with E-state index in [9.17, 15) is 9.18 Å². The average molecular weight is 360 g/mol. The summed E-state index contributed by atoms with van der Waals surface area (Å²) in [5, 5.41) is 4.51. The number of nitrogens with zero attached hydrogens (tertiary/aromatic N) is 3. The fourth-order valence-electron chi connectivity index (χ4n) is 3.48. The molecule has 6 heteroatoms. The number of fused-ring (bicyclic) bond motifs is 1. The highest BCUT2D eigenvalue weighted by atomic mass is 19.1. The van der Waals surface area contributed by atoms with Crippen molar-refractivity contribution in [2.45, 2.75) is 25.3 Å². The third-order valence-electron chi connectivity index (χ3n) is 4.95. The van der Waals surface area contributed by atoms with E-state index in [0.717, 1.165) is 40.7 Å². The predicted molar refractivity (Wildman–Crippen MR) is 101 cm³/mol. The fourth-order valence-corrected chi connectivity index (χ4v) is 3.48. The van der Waals surface area contributed by atoms with Gasteiger partial charge in [0.15, 0.2) is 0 Å². The van der Waals surface area contributed by atoms with Crippen LogP contribution in [-0.2, 0) is 6.54 Å². The molecule has 0 unspecified atom stereocenters. The maximum atomic E-state index is 13.5.